The Bertz CT molecular complexity index is 744. The molecule has 0 unspecified atom stereocenters. The molecule has 3 nitrogen and oxygen atoms in total. The van der Waals surface area contributed by atoms with Gasteiger partial charge in [0.15, 0.2) is 11.6 Å². The van der Waals surface area contributed by atoms with Crippen molar-refractivity contribution in [3.63, 3.8) is 0 Å². The third-order valence-electron chi connectivity index (χ3n) is 2.84. The first-order valence-corrected chi connectivity index (χ1v) is 7.46. The number of anilines is 1. The molecule has 2 N–H and O–H groups in total. The standard InChI is InChI=1S/C14H8BrF3N2O.C2H6/c1-6-10(15)14(12(18)11(17)13(6)20)21-8-2-3-9(16)7(4-8)5-19;1-2/h2-4H,20H2,1H3;1-2H3. The third-order valence-corrected chi connectivity index (χ3v) is 3.79. The average Bonchev–Trinajstić information content (AvgIpc) is 2.58. The van der Waals surface area contributed by atoms with E-state index in [4.69, 9.17) is 15.7 Å². The number of nitriles is 1. The summed E-state index contributed by atoms with van der Waals surface area (Å²) in [5.41, 5.74) is 5.09. The molecular formula is C16H14BrF3N2O. The van der Waals surface area contributed by atoms with Crippen LogP contribution in [0.25, 0.3) is 0 Å². The number of nitrogen functional groups attached to an aromatic ring is 1. The first-order valence-electron chi connectivity index (χ1n) is 6.66. The van der Waals surface area contributed by atoms with Gasteiger partial charge in [0.1, 0.15) is 17.6 Å². The molecule has 122 valence electrons. The van der Waals surface area contributed by atoms with E-state index in [1.54, 1.807) is 6.07 Å². The Morgan fingerprint density at radius 2 is 1.78 bits per heavy atom. The Kier molecular flexibility index (Phi) is 6.46. The number of ether oxygens (including phenoxy) is 1. The summed E-state index contributed by atoms with van der Waals surface area (Å²) >= 11 is 3.07. The molecule has 0 radical (unpaired) electrons. The highest BCUT2D eigenvalue weighted by atomic mass is 79.9. The smallest absolute Gasteiger partial charge is 0.204 e. The zero-order valence-corrected chi connectivity index (χ0v) is 14.3. The van der Waals surface area contributed by atoms with Crippen molar-refractivity contribution in [2.45, 2.75) is 20.8 Å². The lowest BCUT2D eigenvalue weighted by atomic mass is 10.1. The first-order chi connectivity index (χ1) is 10.9. The number of halogens is 4. The van der Waals surface area contributed by atoms with Crippen LogP contribution in [0.4, 0.5) is 18.9 Å². The molecule has 2 aromatic carbocycles. The zero-order chi connectivity index (χ0) is 17.7. The largest absolute Gasteiger partial charge is 0.453 e. The van der Waals surface area contributed by atoms with Crippen molar-refractivity contribution in [3.05, 3.63) is 51.3 Å². The number of benzene rings is 2. The molecule has 0 aliphatic rings. The van der Waals surface area contributed by atoms with Crippen LogP contribution < -0.4 is 10.5 Å². The molecule has 0 atom stereocenters. The van der Waals surface area contributed by atoms with E-state index < -0.39 is 23.2 Å². The van der Waals surface area contributed by atoms with Gasteiger partial charge in [0.05, 0.1) is 15.7 Å². The van der Waals surface area contributed by atoms with Gasteiger partial charge in [-0.05, 0) is 40.5 Å². The number of nitrogens with zero attached hydrogens (tertiary/aromatic N) is 1. The Hall–Kier alpha value is -2.20. The number of hydrogen-bond acceptors (Lipinski definition) is 3. The molecule has 0 aliphatic carbocycles. The van der Waals surface area contributed by atoms with Crippen molar-refractivity contribution in [2.24, 2.45) is 0 Å². The van der Waals surface area contributed by atoms with Gasteiger partial charge in [-0.1, -0.05) is 13.8 Å². The van der Waals surface area contributed by atoms with E-state index >= 15 is 0 Å². The molecule has 2 aromatic rings. The van der Waals surface area contributed by atoms with Gasteiger partial charge in [-0.2, -0.15) is 9.65 Å². The van der Waals surface area contributed by atoms with Gasteiger partial charge in [-0.15, -0.1) is 0 Å². The van der Waals surface area contributed by atoms with Crippen LogP contribution in [0, 0.1) is 35.7 Å². The van der Waals surface area contributed by atoms with Gasteiger partial charge in [0, 0.05) is 6.07 Å². The molecular weight excluding hydrogens is 373 g/mol. The summed E-state index contributed by atoms with van der Waals surface area (Å²) in [6.07, 6.45) is 0. The van der Waals surface area contributed by atoms with Crippen LogP contribution >= 0.6 is 15.9 Å². The summed E-state index contributed by atoms with van der Waals surface area (Å²) in [6, 6.07) is 4.92. The van der Waals surface area contributed by atoms with Gasteiger partial charge >= 0.3 is 0 Å². The molecule has 0 aromatic heterocycles. The number of rotatable bonds is 2. The zero-order valence-electron chi connectivity index (χ0n) is 12.7. The summed E-state index contributed by atoms with van der Waals surface area (Å²) in [5.74, 6) is -3.66. The summed E-state index contributed by atoms with van der Waals surface area (Å²) in [7, 11) is 0. The Labute approximate surface area is 140 Å². The monoisotopic (exact) mass is 386 g/mol. The maximum Gasteiger partial charge on any atom is 0.204 e. The van der Waals surface area contributed by atoms with E-state index in [0.29, 0.717) is 0 Å². The fourth-order valence-electron chi connectivity index (χ4n) is 1.63. The first kappa shape index (κ1) is 18.8. The molecule has 0 fully saturated rings. The van der Waals surface area contributed by atoms with Crippen LogP contribution in [0.2, 0.25) is 0 Å². The van der Waals surface area contributed by atoms with Crippen LogP contribution in [0.3, 0.4) is 0 Å². The van der Waals surface area contributed by atoms with Gasteiger partial charge in [-0.3, -0.25) is 0 Å². The van der Waals surface area contributed by atoms with Gasteiger partial charge in [0.2, 0.25) is 5.82 Å². The van der Waals surface area contributed by atoms with Crippen LogP contribution in [-0.2, 0) is 0 Å². The topological polar surface area (TPSA) is 59.0 Å². The SMILES string of the molecule is CC.Cc1c(N)c(F)c(F)c(Oc2ccc(F)c(C#N)c2)c1Br. The molecule has 7 heteroatoms. The lowest BCUT2D eigenvalue weighted by Crippen LogP contribution is -2.02. The Morgan fingerprint density at radius 3 is 2.35 bits per heavy atom. The minimum Gasteiger partial charge on any atom is -0.453 e. The number of hydrogen-bond donors (Lipinski definition) is 1. The van der Waals surface area contributed by atoms with E-state index in [2.05, 4.69) is 15.9 Å². The van der Waals surface area contributed by atoms with Gasteiger partial charge in [0.25, 0.3) is 0 Å². The average molecular weight is 387 g/mol. The molecule has 0 bridgehead atoms. The van der Waals surface area contributed by atoms with E-state index in [1.807, 2.05) is 13.8 Å². The second kappa shape index (κ2) is 7.88. The number of nitrogens with two attached hydrogens (primary N) is 1. The van der Waals surface area contributed by atoms with Crippen molar-refractivity contribution in [3.8, 4) is 17.6 Å². The minimum absolute atomic E-state index is 0.00359. The predicted molar refractivity (Wildman–Crippen MR) is 85.7 cm³/mol. The summed E-state index contributed by atoms with van der Waals surface area (Å²) < 4.78 is 46.1. The predicted octanol–water partition coefficient (Wildman–Crippen LogP) is 5.45. The molecule has 0 aliphatic heterocycles. The summed E-state index contributed by atoms with van der Waals surface area (Å²) in [6.45, 7) is 5.49. The van der Waals surface area contributed by atoms with Crippen molar-refractivity contribution in [1.82, 2.24) is 0 Å². The molecule has 23 heavy (non-hydrogen) atoms. The van der Waals surface area contributed by atoms with Crippen molar-refractivity contribution in [1.29, 1.82) is 5.26 Å². The highest BCUT2D eigenvalue weighted by Gasteiger charge is 2.21. The van der Waals surface area contributed by atoms with Crippen LogP contribution in [0.5, 0.6) is 11.5 Å². The van der Waals surface area contributed by atoms with Crippen molar-refractivity contribution in [2.75, 3.05) is 5.73 Å². The highest BCUT2D eigenvalue weighted by molar-refractivity contribution is 9.10. The third kappa shape index (κ3) is 3.77. The van der Waals surface area contributed by atoms with Crippen LogP contribution in [-0.4, -0.2) is 0 Å². The lowest BCUT2D eigenvalue weighted by molar-refractivity contribution is 0.413. The molecule has 0 saturated carbocycles. The molecule has 0 saturated heterocycles. The quantitative estimate of drug-likeness (QED) is 0.551. The van der Waals surface area contributed by atoms with Crippen molar-refractivity contribution >= 4 is 21.6 Å². The normalized spacial score (nSPS) is 9.65. The summed E-state index contributed by atoms with van der Waals surface area (Å²) in [4.78, 5) is 0. The molecule has 0 amide bonds. The van der Waals surface area contributed by atoms with E-state index in [-0.39, 0.29) is 27.0 Å². The fraction of sp³-hybridized carbons (Fsp3) is 0.188. The molecule has 2 rings (SSSR count). The fourth-order valence-corrected chi connectivity index (χ4v) is 2.10. The maximum absolute atomic E-state index is 13.9. The van der Waals surface area contributed by atoms with Gasteiger partial charge in [-0.25, -0.2) is 8.78 Å². The molecule has 0 heterocycles. The van der Waals surface area contributed by atoms with E-state index in [1.165, 1.54) is 13.0 Å². The summed E-state index contributed by atoms with van der Waals surface area (Å²) in [5, 5.41) is 8.74. The molecule has 0 spiro atoms. The second-order valence-corrected chi connectivity index (χ2v) is 4.96. The second-order valence-electron chi connectivity index (χ2n) is 4.17. The van der Waals surface area contributed by atoms with E-state index in [0.717, 1.165) is 12.1 Å². The minimum atomic E-state index is -1.27. The van der Waals surface area contributed by atoms with Crippen LogP contribution in [0.15, 0.2) is 22.7 Å². The highest BCUT2D eigenvalue weighted by Crippen LogP contribution is 2.39. The Balaban J connectivity index is 0.00000127. The maximum atomic E-state index is 13.9. The van der Waals surface area contributed by atoms with Crippen LogP contribution in [0.1, 0.15) is 25.0 Å². The van der Waals surface area contributed by atoms with Crippen molar-refractivity contribution < 1.29 is 17.9 Å². The van der Waals surface area contributed by atoms with E-state index in [9.17, 15) is 13.2 Å². The Morgan fingerprint density at radius 1 is 1.17 bits per heavy atom. The lowest BCUT2D eigenvalue weighted by Gasteiger charge is -2.13. The van der Waals surface area contributed by atoms with Gasteiger partial charge < -0.3 is 10.5 Å².